The minimum atomic E-state index is -4.29. The molecule has 0 spiro atoms. The molecule has 0 saturated carbocycles. The predicted octanol–water partition coefficient (Wildman–Crippen LogP) is 4.50. The molecule has 3 rings (SSSR count). The molecule has 1 fully saturated rings. The second kappa shape index (κ2) is 6.93. The van der Waals surface area contributed by atoms with Crippen molar-refractivity contribution in [3.63, 3.8) is 0 Å². The molecule has 2 heterocycles. The third kappa shape index (κ3) is 4.15. The Morgan fingerprint density at radius 1 is 1.12 bits per heavy atom. The smallest absolute Gasteiger partial charge is 0.306 e. The number of piperidine rings is 1. The van der Waals surface area contributed by atoms with Gasteiger partial charge in [0.25, 0.3) is 0 Å². The fourth-order valence-corrected chi connectivity index (χ4v) is 3.25. The van der Waals surface area contributed by atoms with E-state index in [1.165, 1.54) is 18.6 Å². The van der Waals surface area contributed by atoms with Gasteiger partial charge in [0.15, 0.2) is 0 Å². The van der Waals surface area contributed by atoms with E-state index in [4.69, 9.17) is 4.98 Å². The maximum atomic E-state index is 12.6. The van der Waals surface area contributed by atoms with Crippen molar-refractivity contribution in [2.75, 3.05) is 20.1 Å². The Morgan fingerprint density at radius 3 is 2.54 bits per heavy atom. The van der Waals surface area contributed by atoms with E-state index in [1.54, 1.807) is 0 Å². The van der Waals surface area contributed by atoms with Gasteiger partial charge in [0.05, 0.1) is 5.56 Å². The molecule has 1 saturated heterocycles. The number of aromatic nitrogens is 1. The summed E-state index contributed by atoms with van der Waals surface area (Å²) in [7, 11) is 2.12. The minimum Gasteiger partial charge on any atom is -0.306 e. The number of pyridine rings is 1. The zero-order valence-electron chi connectivity index (χ0n) is 13.7. The molecule has 1 aromatic carbocycles. The van der Waals surface area contributed by atoms with Gasteiger partial charge in [-0.25, -0.2) is 0 Å². The Balaban J connectivity index is 1.72. The number of alkyl halides is 3. The molecule has 5 heteroatoms. The maximum Gasteiger partial charge on any atom is 0.416 e. The first-order valence-corrected chi connectivity index (χ1v) is 8.22. The molecule has 0 amide bonds. The largest absolute Gasteiger partial charge is 0.416 e. The van der Waals surface area contributed by atoms with Crippen molar-refractivity contribution >= 4 is 0 Å². The molecule has 0 radical (unpaired) electrons. The van der Waals surface area contributed by atoms with Crippen LogP contribution in [-0.4, -0.2) is 30.0 Å². The van der Waals surface area contributed by atoms with Gasteiger partial charge in [-0.3, -0.25) is 4.98 Å². The van der Waals surface area contributed by atoms with E-state index in [0.29, 0.717) is 12.3 Å². The van der Waals surface area contributed by atoms with Crippen molar-refractivity contribution < 1.29 is 13.2 Å². The highest BCUT2D eigenvalue weighted by molar-refractivity contribution is 5.28. The second-order valence-electron chi connectivity index (χ2n) is 6.53. The lowest BCUT2D eigenvalue weighted by atomic mass is 9.94. The van der Waals surface area contributed by atoms with Crippen LogP contribution >= 0.6 is 0 Å². The van der Waals surface area contributed by atoms with Crippen LogP contribution in [0.15, 0.2) is 42.5 Å². The van der Waals surface area contributed by atoms with Gasteiger partial charge in [-0.2, -0.15) is 13.2 Å². The zero-order chi connectivity index (χ0) is 17.2. The summed E-state index contributed by atoms with van der Waals surface area (Å²) in [4.78, 5) is 7.07. The van der Waals surface area contributed by atoms with Crippen molar-refractivity contribution in [3.8, 4) is 0 Å². The van der Waals surface area contributed by atoms with Crippen LogP contribution in [0.5, 0.6) is 0 Å². The number of halogens is 3. The van der Waals surface area contributed by atoms with Gasteiger partial charge in [0, 0.05) is 30.3 Å². The first-order chi connectivity index (χ1) is 11.4. The van der Waals surface area contributed by atoms with Crippen molar-refractivity contribution in [1.82, 2.24) is 9.88 Å². The number of benzene rings is 1. The number of nitrogens with zero attached hydrogens (tertiary/aromatic N) is 2. The van der Waals surface area contributed by atoms with Gasteiger partial charge in [-0.1, -0.05) is 18.2 Å². The van der Waals surface area contributed by atoms with E-state index in [9.17, 15) is 13.2 Å². The SMILES string of the molecule is CN1CCC[C@H](c2cccc(Cc3ccc(C(F)(F)F)cc3)n2)C1. The Kier molecular flexibility index (Phi) is 4.90. The van der Waals surface area contributed by atoms with Crippen LogP contribution in [0.1, 0.15) is 41.3 Å². The average molecular weight is 334 g/mol. The van der Waals surface area contributed by atoms with E-state index >= 15 is 0 Å². The minimum absolute atomic E-state index is 0.441. The van der Waals surface area contributed by atoms with Gasteiger partial charge >= 0.3 is 6.18 Å². The third-order valence-electron chi connectivity index (χ3n) is 4.54. The monoisotopic (exact) mass is 334 g/mol. The van der Waals surface area contributed by atoms with Crippen LogP contribution < -0.4 is 0 Å². The molecule has 1 atom stereocenters. The van der Waals surface area contributed by atoms with Crippen LogP contribution in [-0.2, 0) is 12.6 Å². The molecular weight excluding hydrogens is 313 g/mol. The summed E-state index contributed by atoms with van der Waals surface area (Å²) in [6.45, 7) is 2.14. The van der Waals surface area contributed by atoms with Crippen LogP contribution in [0.2, 0.25) is 0 Å². The number of hydrogen-bond donors (Lipinski definition) is 0. The fraction of sp³-hybridized carbons (Fsp3) is 0.421. The first-order valence-electron chi connectivity index (χ1n) is 8.22. The lowest BCUT2D eigenvalue weighted by molar-refractivity contribution is -0.137. The van der Waals surface area contributed by atoms with E-state index in [-0.39, 0.29) is 0 Å². The number of likely N-dealkylation sites (N-methyl/N-ethyl adjacent to an activating group) is 1. The van der Waals surface area contributed by atoms with Crippen LogP contribution in [0.4, 0.5) is 13.2 Å². The van der Waals surface area contributed by atoms with Crippen molar-refractivity contribution in [1.29, 1.82) is 0 Å². The van der Waals surface area contributed by atoms with E-state index in [1.807, 2.05) is 12.1 Å². The highest BCUT2D eigenvalue weighted by Gasteiger charge is 2.29. The van der Waals surface area contributed by atoms with Crippen molar-refractivity contribution in [3.05, 3.63) is 65.0 Å². The van der Waals surface area contributed by atoms with E-state index < -0.39 is 11.7 Å². The summed E-state index contributed by atoms with van der Waals surface area (Å²) in [5.74, 6) is 0.441. The second-order valence-corrected chi connectivity index (χ2v) is 6.53. The summed E-state index contributed by atoms with van der Waals surface area (Å²) in [5.41, 5.74) is 2.22. The molecule has 1 aliphatic heterocycles. The standard InChI is InChI=1S/C19H21F3N2/c1-24-11-3-4-15(13-24)18-6-2-5-17(23-18)12-14-7-9-16(10-8-14)19(20,21)22/h2,5-10,15H,3-4,11-13H2,1H3/t15-/m0/s1. The highest BCUT2D eigenvalue weighted by Crippen LogP contribution is 2.29. The summed E-state index contributed by atoms with van der Waals surface area (Å²) in [6.07, 6.45) is -1.43. The first kappa shape index (κ1) is 17.0. The van der Waals surface area contributed by atoms with Crippen LogP contribution in [0.25, 0.3) is 0 Å². The number of hydrogen-bond acceptors (Lipinski definition) is 2. The van der Waals surface area contributed by atoms with E-state index in [2.05, 4.69) is 18.0 Å². The van der Waals surface area contributed by atoms with Crippen molar-refractivity contribution in [2.24, 2.45) is 0 Å². The lowest BCUT2D eigenvalue weighted by Gasteiger charge is -2.29. The van der Waals surface area contributed by atoms with Crippen LogP contribution in [0, 0.1) is 0 Å². The zero-order valence-corrected chi connectivity index (χ0v) is 13.7. The Morgan fingerprint density at radius 2 is 1.88 bits per heavy atom. The van der Waals surface area contributed by atoms with E-state index in [0.717, 1.165) is 48.6 Å². The molecule has 0 N–H and O–H groups in total. The lowest BCUT2D eigenvalue weighted by Crippen LogP contribution is -2.31. The quantitative estimate of drug-likeness (QED) is 0.821. The molecule has 0 unspecified atom stereocenters. The molecule has 1 aromatic heterocycles. The highest BCUT2D eigenvalue weighted by atomic mass is 19.4. The molecule has 128 valence electrons. The van der Waals surface area contributed by atoms with Crippen LogP contribution in [0.3, 0.4) is 0 Å². The molecule has 0 aliphatic carbocycles. The third-order valence-corrected chi connectivity index (χ3v) is 4.54. The number of likely N-dealkylation sites (tertiary alicyclic amines) is 1. The maximum absolute atomic E-state index is 12.6. The normalized spacial score (nSPS) is 19.4. The van der Waals surface area contributed by atoms with Crippen molar-refractivity contribution in [2.45, 2.75) is 31.4 Å². The fourth-order valence-electron chi connectivity index (χ4n) is 3.25. The predicted molar refractivity (Wildman–Crippen MR) is 88.0 cm³/mol. The molecule has 24 heavy (non-hydrogen) atoms. The molecule has 1 aliphatic rings. The summed E-state index contributed by atoms with van der Waals surface area (Å²) in [6, 6.07) is 11.3. The van der Waals surface area contributed by atoms with Gasteiger partial charge < -0.3 is 4.90 Å². The molecule has 2 aromatic rings. The molecule has 2 nitrogen and oxygen atoms in total. The van der Waals surface area contributed by atoms with Gasteiger partial charge in [0.1, 0.15) is 0 Å². The van der Waals surface area contributed by atoms with Gasteiger partial charge in [-0.05, 0) is 56.3 Å². The summed E-state index contributed by atoms with van der Waals surface area (Å²) >= 11 is 0. The molecule has 0 bridgehead atoms. The topological polar surface area (TPSA) is 16.1 Å². The number of rotatable bonds is 3. The Hall–Kier alpha value is -1.88. The van der Waals surface area contributed by atoms with Gasteiger partial charge in [0.2, 0.25) is 0 Å². The summed E-state index contributed by atoms with van der Waals surface area (Å²) in [5, 5.41) is 0. The molecular formula is C19H21F3N2. The van der Waals surface area contributed by atoms with Gasteiger partial charge in [-0.15, -0.1) is 0 Å². The summed E-state index contributed by atoms with van der Waals surface area (Å²) < 4.78 is 37.9. The Labute approximate surface area is 140 Å². The average Bonchev–Trinajstić information content (AvgIpc) is 2.55. The Bertz CT molecular complexity index is 680.